The molecule has 2 rings (SSSR count). The summed E-state index contributed by atoms with van der Waals surface area (Å²) in [5.74, 6) is 6.82. The van der Waals surface area contributed by atoms with Crippen LogP contribution in [0.15, 0.2) is 11.2 Å². The molecular weight excluding hydrogens is 262 g/mol. The molecule has 0 radical (unpaired) electrons. The lowest BCUT2D eigenvalue weighted by Gasteiger charge is -2.51. The first-order valence-electron chi connectivity index (χ1n) is 6.20. The van der Waals surface area contributed by atoms with Crippen LogP contribution in [0.25, 0.3) is 0 Å². The number of nitrogens with one attached hydrogen (secondary N) is 2. The molecule has 0 aliphatic heterocycles. The second kappa shape index (κ2) is 5.52. The molecule has 0 saturated heterocycles. The first kappa shape index (κ1) is 14.4. The Kier molecular flexibility index (Phi) is 4.17. The first-order chi connectivity index (χ1) is 9.01. The average Bonchev–Trinajstić information content (AvgIpc) is 2.42. The van der Waals surface area contributed by atoms with Gasteiger partial charge in [0, 0.05) is 24.6 Å². The van der Waals surface area contributed by atoms with Gasteiger partial charge in [-0.2, -0.15) is 0 Å². The van der Waals surface area contributed by atoms with E-state index in [0.717, 1.165) is 12.2 Å². The van der Waals surface area contributed by atoms with E-state index in [9.17, 15) is 0 Å². The van der Waals surface area contributed by atoms with E-state index in [0.29, 0.717) is 23.1 Å². The van der Waals surface area contributed by atoms with Crippen molar-refractivity contribution in [3.8, 4) is 0 Å². The van der Waals surface area contributed by atoms with E-state index < -0.39 is 0 Å². The molecule has 1 aliphatic rings. The minimum absolute atomic E-state index is 0.0928. The Bertz CT molecular complexity index is 431. The lowest BCUT2D eigenvalue weighted by atomic mass is 9.64. The van der Waals surface area contributed by atoms with E-state index in [-0.39, 0.29) is 5.41 Å². The Morgan fingerprint density at radius 1 is 1.42 bits per heavy atom. The maximum absolute atomic E-state index is 5.45. The monoisotopic (exact) mass is 283 g/mol. The Morgan fingerprint density at radius 2 is 2.11 bits per heavy atom. The third kappa shape index (κ3) is 2.77. The standard InChI is InChI=1S/C12H21N5OS/c1-12(2)7(5-8(12)18-3)14-9-6-10(17-13)16-11(15-9)19-4/h6-8H,5,13H2,1-4H3,(H2,14,15,16,17). The third-order valence-corrected chi connectivity index (χ3v) is 4.37. The van der Waals surface area contributed by atoms with Gasteiger partial charge in [-0.15, -0.1) is 0 Å². The second-order valence-electron chi connectivity index (χ2n) is 5.25. The zero-order valence-electron chi connectivity index (χ0n) is 11.7. The molecule has 1 aliphatic carbocycles. The zero-order valence-corrected chi connectivity index (χ0v) is 12.5. The number of nitrogens with zero attached hydrogens (tertiary/aromatic N) is 2. The van der Waals surface area contributed by atoms with Gasteiger partial charge in [0.1, 0.15) is 11.6 Å². The van der Waals surface area contributed by atoms with Crippen molar-refractivity contribution in [3.63, 3.8) is 0 Å². The summed E-state index contributed by atoms with van der Waals surface area (Å²) < 4.78 is 5.45. The van der Waals surface area contributed by atoms with Crippen molar-refractivity contribution in [2.75, 3.05) is 24.1 Å². The van der Waals surface area contributed by atoms with Crippen LogP contribution in [0.4, 0.5) is 11.6 Å². The van der Waals surface area contributed by atoms with Crippen LogP contribution in [0.5, 0.6) is 0 Å². The third-order valence-electron chi connectivity index (χ3n) is 3.82. The molecule has 2 atom stereocenters. The van der Waals surface area contributed by atoms with Crippen molar-refractivity contribution in [2.24, 2.45) is 11.3 Å². The maximum Gasteiger partial charge on any atom is 0.191 e. The SMILES string of the molecule is COC1CC(Nc2cc(NN)nc(SC)n2)C1(C)C. The van der Waals surface area contributed by atoms with E-state index >= 15 is 0 Å². The van der Waals surface area contributed by atoms with Gasteiger partial charge in [0.25, 0.3) is 0 Å². The van der Waals surface area contributed by atoms with Crippen LogP contribution in [-0.2, 0) is 4.74 Å². The van der Waals surface area contributed by atoms with E-state index in [2.05, 4.69) is 34.6 Å². The maximum atomic E-state index is 5.45. The summed E-state index contributed by atoms with van der Waals surface area (Å²) in [6.45, 7) is 4.39. The molecule has 1 aromatic heterocycles. The number of methoxy groups -OCH3 is 1. The molecule has 1 heterocycles. The fourth-order valence-electron chi connectivity index (χ4n) is 2.37. The van der Waals surface area contributed by atoms with Crippen LogP contribution < -0.4 is 16.6 Å². The Hall–Kier alpha value is -1.05. The Balaban J connectivity index is 2.12. The van der Waals surface area contributed by atoms with Crippen LogP contribution in [-0.4, -0.2) is 35.5 Å². The van der Waals surface area contributed by atoms with Gasteiger partial charge >= 0.3 is 0 Å². The predicted molar refractivity (Wildman–Crippen MR) is 78.2 cm³/mol. The van der Waals surface area contributed by atoms with Gasteiger partial charge in [-0.05, 0) is 12.7 Å². The minimum atomic E-state index is 0.0928. The molecule has 1 aromatic rings. The zero-order chi connectivity index (χ0) is 14.0. The van der Waals surface area contributed by atoms with Gasteiger partial charge < -0.3 is 15.5 Å². The molecule has 4 N–H and O–H groups in total. The lowest BCUT2D eigenvalue weighted by molar-refractivity contribution is -0.0795. The number of nitrogen functional groups attached to an aromatic ring is 1. The molecule has 2 unspecified atom stereocenters. The van der Waals surface area contributed by atoms with Gasteiger partial charge in [-0.3, -0.25) is 0 Å². The summed E-state index contributed by atoms with van der Waals surface area (Å²) in [6, 6.07) is 2.16. The second-order valence-corrected chi connectivity index (χ2v) is 6.02. The van der Waals surface area contributed by atoms with Crippen molar-refractivity contribution in [1.29, 1.82) is 0 Å². The highest BCUT2D eigenvalue weighted by molar-refractivity contribution is 7.98. The van der Waals surface area contributed by atoms with Crippen LogP contribution >= 0.6 is 11.8 Å². The summed E-state index contributed by atoms with van der Waals surface area (Å²) in [6.07, 6.45) is 3.21. The number of hydrogen-bond donors (Lipinski definition) is 3. The number of hydrogen-bond acceptors (Lipinski definition) is 7. The number of anilines is 2. The van der Waals surface area contributed by atoms with E-state index in [1.165, 1.54) is 11.8 Å². The van der Waals surface area contributed by atoms with Crippen LogP contribution in [0.1, 0.15) is 20.3 Å². The quantitative estimate of drug-likeness (QED) is 0.328. The number of rotatable bonds is 5. The van der Waals surface area contributed by atoms with Gasteiger partial charge in [-0.25, -0.2) is 15.8 Å². The highest BCUT2D eigenvalue weighted by Gasteiger charge is 2.48. The van der Waals surface area contributed by atoms with Crippen molar-refractivity contribution in [1.82, 2.24) is 9.97 Å². The molecule has 1 fully saturated rings. The fourth-order valence-corrected chi connectivity index (χ4v) is 2.75. The normalized spacial score (nSPS) is 24.7. The van der Waals surface area contributed by atoms with Crippen molar-refractivity contribution in [2.45, 2.75) is 37.6 Å². The topological polar surface area (TPSA) is 85.1 Å². The van der Waals surface area contributed by atoms with Crippen LogP contribution in [0.2, 0.25) is 0 Å². The fraction of sp³-hybridized carbons (Fsp3) is 0.667. The summed E-state index contributed by atoms with van der Waals surface area (Å²) in [5.41, 5.74) is 2.66. The summed E-state index contributed by atoms with van der Waals surface area (Å²) in [5, 5.41) is 4.14. The minimum Gasteiger partial charge on any atom is -0.381 e. The van der Waals surface area contributed by atoms with Crippen molar-refractivity contribution in [3.05, 3.63) is 6.07 Å². The molecule has 0 amide bonds. The van der Waals surface area contributed by atoms with Gasteiger partial charge in [-0.1, -0.05) is 25.6 Å². The van der Waals surface area contributed by atoms with Crippen molar-refractivity contribution >= 4 is 23.4 Å². The van der Waals surface area contributed by atoms with E-state index in [4.69, 9.17) is 10.6 Å². The molecule has 0 bridgehead atoms. The predicted octanol–water partition coefficient (Wildman–Crippen LogP) is 1.71. The Morgan fingerprint density at radius 3 is 2.63 bits per heavy atom. The molecule has 0 aromatic carbocycles. The van der Waals surface area contributed by atoms with E-state index in [1.54, 1.807) is 7.11 Å². The van der Waals surface area contributed by atoms with Crippen LogP contribution in [0, 0.1) is 5.41 Å². The number of ether oxygens (including phenoxy) is 1. The van der Waals surface area contributed by atoms with Gasteiger partial charge in [0.15, 0.2) is 5.16 Å². The molecule has 106 valence electrons. The highest BCUT2D eigenvalue weighted by atomic mass is 32.2. The molecule has 0 spiro atoms. The van der Waals surface area contributed by atoms with E-state index in [1.807, 2.05) is 12.3 Å². The number of hydrazine groups is 1. The molecular formula is C12H21N5OS. The largest absolute Gasteiger partial charge is 0.381 e. The molecule has 1 saturated carbocycles. The molecule has 7 heteroatoms. The number of aromatic nitrogens is 2. The highest BCUT2D eigenvalue weighted by Crippen LogP contribution is 2.43. The molecule has 6 nitrogen and oxygen atoms in total. The van der Waals surface area contributed by atoms with Gasteiger partial charge in [0.05, 0.1) is 6.10 Å². The number of nitrogens with two attached hydrogens (primary N) is 1. The average molecular weight is 283 g/mol. The summed E-state index contributed by atoms with van der Waals surface area (Å²) >= 11 is 1.49. The number of thioether (sulfide) groups is 1. The van der Waals surface area contributed by atoms with Crippen molar-refractivity contribution < 1.29 is 4.74 Å². The smallest absolute Gasteiger partial charge is 0.191 e. The summed E-state index contributed by atoms with van der Waals surface area (Å²) in [4.78, 5) is 8.68. The Labute approximate surface area is 117 Å². The lowest BCUT2D eigenvalue weighted by Crippen LogP contribution is -2.57. The molecule has 19 heavy (non-hydrogen) atoms. The van der Waals surface area contributed by atoms with Crippen LogP contribution in [0.3, 0.4) is 0 Å². The van der Waals surface area contributed by atoms with Gasteiger partial charge in [0.2, 0.25) is 0 Å². The first-order valence-corrected chi connectivity index (χ1v) is 7.42. The summed E-state index contributed by atoms with van der Waals surface area (Å²) in [7, 11) is 1.76.